The molecular formula is C11H22N2O2. The minimum Gasteiger partial charge on any atom is -0.396 e. The summed E-state index contributed by atoms with van der Waals surface area (Å²) in [6.07, 6.45) is 4.03. The normalized spacial score (nSPS) is 17.9. The number of amides is 2. The van der Waals surface area contributed by atoms with E-state index < -0.39 is 0 Å². The molecule has 4 nitrogen and oxygen atoms in total. The van der Waals surface area contributed by atoms with Gasteiger partial charge in [-0.25, -0.2) is 4.79 Å². The van der Waals surface area contributed by atoms with Crippen molar-refractivity contribution in [1.82, 2.24) is 10.2 Å². The van der Waals surface area contributed by atoms with Crippen molar-refractivity contribution in [2.75, 3.05) is 26.2 Å². The van der Waals surface area contributed by atoms with Gasteiger partial charge in [0.25, 0.3) is 0 Å². The van der Waals surface area contributed by atoms with Crippen LogP contribution in [0.1, 0.15) is 32.6 Å². The Morgan fingerprint density at radius 2 is 2.13 bits per heavy atom. The molecule has 0 aromatic rings. The molecule has 4 heteroatoms. The Morgan fingerprint density at radius 3 is 2.67 bits per heavy atom. The molecule has 88 valence electrons. The summed E-state index contributed by atoms with van der Waals surface area (Å²) >= 11 is 0. The Kier molecular flexibility index (Phi) is 5.47. The predicted octanol–water partition coefficient (Wildman–Crippen LogP) is 1.20. The number of nitrogens with zero attached hydrogens (tertiary/aromatic N) is 1. The summed E-state index contributed by atoms with van der Waals surface area (Å²) in [4.78, 5) is 13.5. The van der Waals surface area contributed by atoms with E-state index in [4.69, 9.17) is 5.11 Å². The summed E-state index contributed by atoms with van der Waals surface area (Å²) in [5.41, 5.74) is 0. The van der Waals surface area contributed by atoms with Crippen molar-refractivity contribution in [2.24, 2.45) is 5.92 Å². The minimum absolute atomic E-state index is 0.0592. The fourth-order valence-electron chi connectivity index (χ4n) is 1.90. The molecule has 0 bridgehead atoms. The minimum atomic E-state index is 0.0592. The van der Waals surface area contributed by atoms with Crippen LogP contribution in [0.5, 0.6) is 0 Å². The molecule has 2 amide bonds. The highest BCUT2D eigenvalue weighted by Gasteiger charge is 2.18. The fourth-order valence-corrected chi connectivity index (χ4v) is 1.90. The smallest absolute Gasteiger partial charge is 0.317 e. The SMILES string of the molecule is CCC(CCO)CNC(=O)N1CCCC1. The second-order valence-electron chi connectivity index (χ2n) is 4.17. The summed E-state index contributed by atoms with van der Waals surface area (Å²) < 4.78 is 0. The van der Waals surface area contributed by atoms with E-state index in [1.165, 1.54) is 0 Å². The largest absolute Gasteiger partial charge is 0.396 e. The topological polar surface area (TPSA) is 52.6 Å². The summed E-state index contributed by atoms with van der Waals surface area (Å²) in [7, 11) is 0. The zero-order valence-corrected chi connectivity index (χ0v) is 9.54. The van der Waals surface area contributed by atoms with Crippen LogP contribution in [-0.2, 0) is 0 Å². The molecule has 2 N–H and O–H groups in total. The first kappa shape index (κ1) is 12.3. The summed E-state index contributed by atoms with van der Waals surface area (Å²) in [5.74, 6) is 0.404. The lowest BCUT2D eigenvalue weighted by molar-refractivity contribution is 0.203. The molecule has 0 aromatic carbocycles. The van der Waals surface area contributed by atoms with Crippen LogP contribution in [-0.4, -0.2) is 42.3 Å². The van der Waals surface area contributed by atoms with Crippen molar-refractivity contribution >= 4 is 6.03 Å². The maximum atomic E-state index is 11.6. The third kappa shape index (κ3) is 4.08. The summed E-state index contributed by atoms with van der Waals surface area (Å²) in [6, 6.07) is 0.0592. The van der Waals surface area contributed by atoms with Gasteiger partial charge in [0.15, 0.2) is 0 Å². The maximum absolute atomic E-state index is 11.6. The number of urea groups is 1. The maximum Gasteiger partial charge on any atom is 0.317 e. The number of hydrogen-bond acceptors (Lipinski definition) is 2. The molecule has 0 aromatic heterocycles. The van der Waals surface area contributed by atoms with Crippen LogP contribution in [0.25, 0.3) is 0 Å². The molecule has 15 heavy (non-hydrogen) atoms. The van der Waals surface area contributed by atoms with Crippen LogP contribution in [0.4, 0.5) is 4.79 Å². The highest BCUT2D eigenvalue weighted by Crippen LogP contribution is 2.09. The number of aliphatic hydroxyl groups excluding tert-OH is 1. The molecule has 1 heterocycles. The fraction of sp³-hybridized carbons (Fsp3) is 0.909. The summed E-state index contributed by atoms with van der Waals surface area (Å²) in [5, 5.41) is 11.8. The third-order valence-corrected chi connectivity index (χ3v) is 3.05. The Hall–Kier alpha value is -0.770. The number of nitrogens with one attached hydrogen (secondary N) is 1. The van der Waals surface area contributed by atoms with E-state index in [9.17, 15) is 4.79 Å². The molecule has 0 radical (unpaired) electrons. The Bertz CT molecular complexity index is 191. The molecule has 1 atom stereocenters. The first-order chi connectivity index (χ1) is 7.27. The number of aliphatic hydroxyl groups is 1. The van der Waals surface area contributed by atoms with Gasteiger partial charge in [0.05, 0.1) is 0 Å². The Balaban J connectivity index is 2.19. The molecule has 1 aliphatic rings. The molecule has 0 aliphatic carbocycles. The van der Waals surface area contributed by atoms with E-state index in [2.05, 4.69) is 12.2 Å². The molecule has 1 fully saturated rings. The lowest BCUT2D eigenvalue weighted by atomic mass is 10.0. The molecule has 0 spiro atoms. The van der Waals surface area contributed by atoms with Gasteiger partial charge < -0.3 is 15.3 Å². The molecule has 0 saturated carbocycles. The van der Waals surface area contributed by atoms with Gasteiger partial charge in [0, 0.05) is 26.2 Å². The Labute approximate surface area is 91.6 Å². The van der Waals surface area contributed by atoms with E-state index in [0.717, 1.165) is 38.8 Å². The number of carbonyl (C=O) groups is 1. The monoisotopic (exact) mass is 214 g/mol. The van der Waals surface area contributed by atoms with Crippen LogP contribution in [0.15, 0.2) is 0 Å². The average Bonchev–Trinajstić information content (AvgIpc) is 2.77. The highest BCUT2D eigenvalue weighted by molar-refractivity contribution is 5.74. The van der Waals surface area contributed by atoms with Gasteiger partial charge >= 0.3 is 6.03 Å². The van der Waals surface area contributed by atoms with Crippen molar-refractivity contribution in [2.45, 2.75) is 32.6 Å². The standard InChI is InChI=1S/C11H22N2O2/c1-2-10(5-8-14)9-12-11(15)13-6-3-4-7-13/h10,14H,2-9H2,1H3,(H,12,15). The summed E-state index contributed by atoms with van der Waals surface area (Å²) in [6.45, 7) is 4.76. The third-order valence-electron chi connectivity index (χ3n) is 3.05. The second-order valence-corrected chi connectivity index (χ2v) is 4.17. The zero-order valence-electron chi connectivity index (χ0n) is 9.54. The van der Waals surface area contributed by atoms with Crippen LogP contribution in [0, 0.1) is 5.92 Å². The zero-order chi connectivity index (χ0) is 11.1. The molecule has 1 unspecified atom stereocenters. The second kappa shape index (κ2) is 6.67. The average molecular weight is 214 g/mol. The van der Waals surface area contributed by atoms with Gasteiger partial charge in [-0.15, -0.1) is 0 Å². The van der Waals surface area contributed by atoms with E-state index in [1.54, 1.807) is 0 Å². The van der Waals surface area contributed by atoms with Gasteiger partial charge in [0.1, 0.15) is 0 Å². The quantitative estimate of drug-likeness (QED) is 0.722. The van der Waals surface area contributed by atoms with Crippen LogP contribution < -0.4 is 5.32 Å². The Morgan fingerprint density at radius 1 is 1.47 bits per heavy atom. The van der Waals surface area contributed by atoms with E-state index in [0.29, 0.717) is 12.5 Å². The van der Waals surface area contributed by atoms with E-state index >= 15 is 0 Å². The molecule has 1 rings (SSSR count). The molecule has 1 saturated heterocycles. The number of hydrogen-bond donors (Lipinski definition) is 2. The molecular weight excluding hydrogens is 192 g/mol. The van der Waals surface area contributed by atoms with Crippen LogP contribution in [0.2, 0.25) is 0 Å². The first-order valence-electron chi connectivity index (χ1n) is 5.91. The predicted molar refractivity (Wildman–Crippen MR) is 59.7 cm³/mol. The lowest BCUT2D eigenvalue weighted by Crippen LogP contribution is -2.40. The first-order valence-corrected chi connectivity index (χ1v) is 5.91. The van der Waals surface area contributed by atoms with Gasteiger partial charge in [-0.2, -0.15) is 0 Å². The van der Waals surface area contributed by atoms with Crippen molar-refractivity contribution in [3.05, 3.63) is 0 Å². The van der Waals surface area contributed by atoms with E-state index in [-0.39, 0.29) is 12.6 Å². The van der Waals surface area contributed by atoms with Gasteiger partial charge in [-0.3, -0.25) is 0 Å². The number of carbonyl (C=O) groups excluding carboxylic acids is 1. The van der Waals surface area contributed by atoms with Crippen LogP contribution in [0.3, 0.4) is 0 Å². The number of likely N-dealkylation sites (tertiary alicyclic amines) is 1. The lowest BCUT2D eigenvalue weighted by Gasteiger charge is -2.19. The van der Waals surface area contributed by atoms with Crippen molar-refractivity contribution in [3.63, 3.8) is 0 Å². The van der Waals surface area contributed by atoms with Crippen molar-refractivity contribution in [3.8, 4) is 0 Å². The van der Waals surface area contributed by atoms with E-state index in [1.807, 2.05) is 4.90 Å². The van der Waals surface area contributed by atoms with Crippen molar-refractivity contribution < 1.29 is 9.90 Å². The number of rotatable bonds is 5. The van der Waals surface area contributed by atoms with Gasteiger partial charge in [0.2, 0.25) is 0 Å². The van der Waals surface area contributed by atoms with Gasteiger partial charge in [-0.05, 0) is 25.2 Å². The van der Waals surface area contributed by atoms with Crippen molar-refractivity contribution in [1.29, 1.82) is 0 Å². The van der Waals surface area contributed by atoms with Crippen LogP contribution >= 0.6 is 0 Å². The molecule has 1 aliphatic heterocycles. The van der Waals surface area contributed by atoms with Gasteiger partial charge in [-0.1, -0.05) is 13.3 Å². The highest BCUT2D eigenvalue weighted by atomic mass is 16.3.